The lowest BCUT2D eigenvalue weighted by atomic mass is 10.2. The molecule has 11 heavy (non-hydrogen) atoms. The molecule has 0 atom stereocenters. The Kier molecular flexibility index (Phi) is 6.48. The second-order valence-electron chi connectivity index (χ2n) is 2.43. The first kappa shape index (κ1) is 10.0. The number of hydrogen-bond acceptors (Lipinski definition) is 3. The maximum absolute atomic E-state index is 5.48. The van der Waals surface area contributed by atoms with Crippen molar-refractivity contribution in [1.82, 2.24) is 5.43 Å². The summed E-state index contributed by atoms with van der Waals surface area (Å²) in [5, 5.41) is 3.44. The summed E-state index contributed by atoms with van der Waals surface area (Å²) in [5.74, 6) is 0.594. The van der Waals surface area contributed by atoms with Gasteiger partial charge in [0, 0.05) is 6.72 Å². The number of nitrogens with zero attached hydrogens (tertiary/aromatic N) is 1. The van der Waals surface area contributed by atoms with Crippen LogP contribution in [0.3, 0.4) is 0 Å². The number of rotatable bonds is 6. The third kappa shape index (κ3) is 6.90. The summed E-state index contributed by atoms with van der Waals surface area (Å²) in [5.41, 5.74) is 8.06. The van der Waals surface area contributed by atoms with E-state index in [1.54, 1.807) is 0 Å². The van der Waals surface area contributed by atoms with Crippen LogP contribution in [-0.4, -0.2) is 6.72 Å². The Morgan fingerprint density at radius 2 is 2.36 bits per heavy atom. The molecule has 64 valence electrons. The van der Waals surface area contributed by atoms with Crippen molar-refractivity contribution in [2.24, 2.45) is 10.8 Å². The van der Waals surface area contributed by atoms with Gasteiger partial charge in [0.25, 0.3) is 0 Å². The first-order valence-corrected chi connectivity index (χ1v) is 3.98. The van der Waals surface area contributed by atoms with Crippen molar-refractivity contribution in [1.29, 1.82) is 0 Å². The van der Waals surface area contributed by atoms with E-state index in [1.807, 2.05) is 6.08 Å². The molecule has 0 radical (unpaired) electrons. The smallest absolute Gasteiger partial charge is 0.113 e. The van der Waals surface area contributed by atoms with Crippen LogP contribution in [0.2, 0.25) is 0 Å². The van der Waals surface area contributed by atoms with Crippen LogP contribution < -0.4 is 11.2 Å². The van der Waals surface area contributed by atoms with E-state index in [1.165, 1.54) is 19.3 Å². The lowest BCUT2D eigenvalue weighted by Crippen LogP contribution is -2.12. The normalized spacial score (nSPS) is 11.2. The zero-order valence-electron chi connectivity index (χ0n) is 7.14. The SMILES string of the molecule is C=NN/C(N)=C/CCCCC. The van der Waals surface area contributed by atoms with E-state index in [4.69, 9.17) is 5.73 Å². The standard InChI is InChI=1S/C8H17N3/c1-3-4-5-6-7-8(9)11-10-2/h7,11H,2-6,9H2,1H3/b8-7+. The summed E-state index contributed by atoms with van der Waals surface area (Å²) in [6.45, 7) is 5.44. The zero-order chi connectivity index (χ0) is 8.53. The van der Waals surface area contributed by atoms with Gasteiger partial charge in [0.1, 0.15) is 5.82 Å². The average molecular weight is 155 g/mol. The van der Waals surface area contributed by atoms with Gasteiger partial charge in [-0.3, -0.25) is 5.43 Å². The minimum Gasteiger partial charge on any atom is -0.384 e. The quantitative estimate of drug-likeness (QED) is 0.347. The van der Waals surface area contributed by atoms with E-state index < -0.39 is 0 Å². The van der Waals surface area contributed by atoms with Gasteiger partial charge in [0.2, 0.25) is 0 Å². The second kappa shape index (κ2) is 7.12. The third-order valence-corrected chi connectivity index (χ3v) is 1.38. The Morgan fingerprint density at radius 3 is 2.91 bits per heavy atom. The maximum atomic E-state index is 5.48. The summed E-state index contributed by atoms with van der Waals surface area (Å²) in [7, 11) is 0. The van der Waals surface area contributed by atoms with Crippen LogP contribution >= 0.6 is 0 Å². The second-order valence-corrected chi connectivity index (χ2v) is 2.43. The Morgan fingerprint density at radius 1 is 1.64 bits per heavy atom. The monoisotopic (exact) mass is 155 g/mol. The fraction of sp³-hybridized carbons (Fsp3) is 0.625. The van der Waals surface area contributed by atoms with Gasteiger partial charge in [-0.2, -0.15) is 5.10 Å². The van der Waals surface area contributed by atoms with Crippen LogP contribution in [0.15, 0.2) is 17.0 Å². The molecule has 0 aromatic carbocycles. The third-order valence-electron chi connectivity index (χ3n) is 1.38. The number of hydrogen-bond donors (Lipinski definition) is 2. The van der Waals surface area contributed by atoms with Gasteiger partial charge in [0.05, 0.1) is 0 Å². The molecule has 3 heteroatoms. The fourth-order valence-electron chi connectivity index (χ4n) is 0.789. The van der Waals surface area contributed by atoms with Crippen LogP contribution in [0.5, 0.6) is 0 Å². The molecule has 0 aliphatic heterocycles. The van der Waals surface area contributed by atoms with Crippen LogP contribution in [0, 0.1) is 0 Å². The molecule has 0 fully saturated rings. The number of hydrazone groups is 1. The fourth-order valence-corrected chi connectivity index (χ4v) is 0.789. The molecular weight excluding hydrogens is 138 g/mol. The molecule has 0 saturated heterocycles. The van der Waals surface area contributed by atoms with Crippen LogP contribution in [0.4, 0.5) is 0 Å². The summed E-state index contributed by atoms with van der Waals surface area (Å²) in [6.07, 6.45) is 6.63. The highest BCUT2D eigenvalue weighted by Gasteiger charge is 1.85. The van der Waals surface area contributed by atoms with Crippen molar-refractivity contribution in [3.63, 3.8) is 0 Å². The average Bonchev–Trinajstić information content (AvgIpc) is 1.99. The van der Waals surface area contributed by atoms with E-state index in [0.717, 1.165) is 6.42 Å². The van der Waals surface area contributed by atoms with E-state index >= 15 is 0 Å². The van der Waals surface area contributed by atoms with Crippen molar-refractivity contribution in [3.8, 4) is 0 Å². The van der Waals surface area contributed by atoms with Crippen LogP contribution in [0.1, 0.15) is 32.6 Å². The first-order valence-electron chi connectivity index (χ1n) is 3.98. The van der Waals surface area contributed by atoms with Gasteiger partial charge in [0.15, 0.2) is 0 Å². The van der Waals surface area contributed by atoms with Gasteiger partial charge in [-0.1, -0.05) is 19.8 Å². The van der Waals surface area contributed by atoms with Crippen LogP contribution in [0.25, 0.3) is 0 Å². The van der Waals surface area contributed by atoms with Gasteiger partial charge in [-0.05, 0) is 18.9 Å². The molecule has 0 amide bonds. The van der Waals surface area contributed by atoms with Crippen molar-refractivity contribution in [3.05, 3.63) is 11.9 Å². The van der Waals surface area contributed by atoms with E-state index in [2.05, 4.69) is 24.2 Å². The lowest BCUT2D eigenvalue weighted by molar-refractivity contribution is 0.721. The molecule has 0 aromatic rings. The van der Waals surface area contributed by atoms with E-state index in [-0.39, 0.29) is 0 Å². The molecule has 0 aliphatic carbocycles. The first-order chi connectivity index (χ1) is 5.31. The molecule has 0 aromatic heterocycles. The topological polar surface area (TPSA) is 50.4 Å². The molecule has 3 nitrogen and oxygen atoms in total. The molecule has 0 bridgehead atoms. The molecule has 3 N–H and O–H groups in total. The molecule has 0 heterocycles. The number of unbranched alkanes of at least 4 members (excludes halogenated alkanes) is 3. The molecule has 0 spiro atoms. The number of nitrogens with one attached hydrogen (secondary N) is 1. The number of nitrogens with two attached hydrogens (primary N) is 1. The molecule has 0 rings (SSSR count). The Balaban J connectivity index is 3.31. The Bertz CT molecular complexity index is 129. The Hall–Kier alpha value is -0.990. The molecular formula is C8H17N3. The van der Waals surface area contributed by atoms with Crippen molar-refractivity contribution < 1.29 is 0 Å². The minimum absolute atomic E-state index is 0.594. The summed E-state index contributed by atoms with van der Waals surface area (Å²) < 4.78 is 0. The van der Waals surface area contributed by atoms with E-state index in [0.29, 0.717) is 5.82 Å². The summed E-state index contributed by atoms with van der Waals surface area (Å²) >= 11 is 0. The lowest BCUT2D eigenvalue weighted by Gasteiger charge is -1.98. The largest absolute Gasteiger partial charge is 0.384 e. The van der Waals surface area contributed by atoms with Gasteiger partial charge >= 0.3 is 0 Å². The predicted molar refractivity (Wildman–Crippen MR) is 49.1 cm³/mol. The number of allylic oxidation sites excluding steroid dienone is 1. The van der Waals surface area contributed by atoms with Crippen molar-refractivity contribution >= 4 is 6.72 Å². The molecule has 0 unspecified atom stereocenters. The Labute approximate surface area is 68.4 Å². The molecule has 0 aliphatic rings. The van der Waals surface area contributed by atoms with E-state index in [9.17, 15) is 0 Å². The van der Waals surface area contributed by atoms with Crippen molar-refractivity contribution in [2.75, 3.05) is 0 Å². The highest BCUT2D eigenvalue weighted by Crippen LogP contribution is 1.99. The highest BCUT2D eigenvalue weighted by atomic mass is 15.3. The molecule has 0 saturated carbocycles. The summed E-state index contributed by atoms with van der Waals surface area (Å²) in [6, 6.07) is 0. The van der Waals surface area contributed by atoms with Crippen LogP contribution in [-0.2, 0) is 0 Å². The predicted octanol–water partition coefficient (Wildman–Crippen LogP) is 1.57. The zero-order valence-corrected chi connectivity index (χ0v) is 7.14. The van der Waals surface area contributed by atoms with Gasteiger partial charge < -0.3 is 5.73 Å². The summed E-state index contributed by atoms with van der Waals surface area (Å²) in [4.78, 5) is 0. The minimum atomic E-state index is 0.594. The van der Waals surface area contributed by atoms with Crippen molar-refractivity contribution in [2.45, 2.75) is 32.6 Å². The maximum Gasteiger partial charge on any atom is 0.113 e. The highest BCUT2D eigenvalue weighted by molar-refractivity contribution is 5.23. The van der Waals surface area contributed by atoms with Gasteiger partial charge in [-0.25, -0.2) is 0 Å². The van der Waals surface area contributed by atoms with Gasteiger partial charge in [-0.15, -0.1) is 0 Å².